The van der Waals surface area contributed by atoms with Crippen LogP contribution in [0.1, 0.15) is 33.6 Å². The molecule has 0 spiro atoms. The lowest BCUT2D eigenvalue weighted by Gasteiger charge is -2.13. The van der Waals surface area contributed by atoms with E-state index in [1.54, 1.807) is 24.3 Å². The molecule has 0 radical (unpaired) electrons. The van der Waals surface area contributed by atoms with Crippen molar-refractivity contribution in [2.75, 3.05) is 10.6 Å². The van der Waals surface area contributed by atoms with Gasteiger partial charge >= 0.3 is 5.97 Å². The molecular weight excluding hydrogens is 272 g/mol. The van der Waals surface area contributed by atoms with Crippen LogP contribution in [0, 0.1) is 0 Å². The monoisotopic (exact) mass is 292 g/mol. The predicted octanol–water partition coefficient (Wildman–Crippen LogP) is 2.32. The van der Waals surface area contributed by atoms with Crippen molar-refractivity contribution < 1.29 is 19.1 Å². The molecule has 6 nitrogen and oxygen atoms in total. The number of carbonyl (C=O) groups is 3. The molecule has 21 heavy (non-hydrogen) atoms. The van der Waals surface area contributed by atoms with Gasteiger partial charge in [0.15, 0.2) is 6.10 Å². The minimum atomic E-state index is -0.848. The fourth-order valence-electron chi connectivity index (χ4n) is 1.60. The molecule has 0 heterocycles. The van der Waals surface area contributed by atoms with Crippen LogP contribution >= 0.6 is 0 Å². The van der Waals surface area contributed by atoms with E-state index in [0.717, 1.165) is 0 Å². The summed E-state index contributed by atoms with van der Waals surface area (Å²) in [4.78, 5) is 34.1. The molecule has 6 heteroatoms. The maximum absolute atomic E-state index is 11.9. The van der Waals surface area contributed by atoms with E-state index in [2.05, 4.69) is 10.6 Å². The Balaban J connectivity index is 2.54. The summed E-state index contributed by atoms with van der Waals surface area (Å²) in [5.41, 5.74) is 1.20. The molecule has 0 fully saturated rings. The number of anilines is 2. The Morgan fingerprint density at radius 2 is 1.62 bits per heavy atom. The molecule has 2 N–H and O–H groups in total. The van der Waals surface area contributed by atoms with E-state index in [1.165, 1.54) is 13.8 Å². The number of hydrogen-bond acceptors (Lipinski definition) is 4. The van der Waals surface area contributed by atoms with Crippen molar-refractivity contribution in [1.29, 1.82) is 0 Å². The van der Waals surface area contributed by atoms with Crippen LogP contribution < -0.4 is 10.6 Å². The topological polar surface area (TPSA) is 84.5 Å². The number of ether oxygens (including phenoxy) is 1. The number of benzene rings is 1. The van der Waals surface area contributed by atoms with Gasteiger partial charge in [-0.05, 0) is 37.6 Å². The molecule has 2 amide bonds. The Kier molecular flexibility index (Phi) is 6.39. The minimum absolute atomic E-state index is 0.164. The van der Waals surface area contributed by atoms with Crippen molar-refractivity contribution in [1.82, 2.24) is 0 Å². The molecule has 0 aliphatic rings. The molecule has 0 aromatic heterocycles. The molecule has 1 rings (SSSR count). The highest BCUT2D eigenvalue weighted by Crippen LogP contribution is 2.14. The molecule has 0 unspecified atom stereocenters. The first-order valence-corrected chi connectivity index (χ1v) is 6.80. The lowest BCUT2D eigenvalue weighted by molar-refractivity contribution is -0.153. The van der Waals surface area contributed by atoms with Gasteiger partial charge in [-0.2, -0.15) is 0 Å². The standard InChI is InChI=1S/C15H20N2O4/c1-4-5-14(19)21-10(2)15(20)17-13-8-6-12(7-9-13)16-11(3)18/h6-10H,4-5H2,1-3H3,(H,16,18)(H,17,20)/t10-/m1/s1. The van der Waals surface area contributed by atoms with Gasteiger partial charge in [-0.1, -0.05) is 6.92 Å². The Morgan fingerprint density at radius 3 is 2.10 bits per heavy atom. The first kappa shape index (κ1) is 16.7. The lowest BCUT2D eigenvalue weighted by Crippen LogP contribution is -2.29. The molecule has 0 aliphatic heterocycles. The van der Waals surface area contributed by atoms with Crippen LogP contribution in [-0.2, 0) is 19.1 Å². The zero-order valence-corrected chi connectivity index (χ0v) is 12.4. The molecule has 0 saturated carbocycles. The van der Waals surface area contributed by atoms with Gasteiger partial charge in [0.25, 0.3) is 5.91 Å². The highest BCUT2D eigenvalue weighted by Gasteiger charge is 2.17. The van der Waals surface area contributed by atoms with E-state index < -0.39 is 12.0 Å². The van der Waals surface area contributed by atoms with Gasteiger partial charge in [-0.3, -0.25) is 14.4 Å². The minimum Gasteiger partial charge on any atom is -0.453 e. The van der Waals surface area contributed by atoms with Crippen molar-refractivity contribution in [2.45, 2.75) is 39.7 Å². The third-order valence-corrected chi connectivity index (χ3v) is 2.60. The van der Waals surface area contributed by atoms with Crippen molar-refractivity contribution >= 4 is 29.2 Å². The number of amides is 2. The third kappa shape index (κ3) is 6.07. The first-order valence-electron chi connectivity index (χ1n) is 6.80. The maximum Gasteiger partial charge on any atom is 0.306 e. The predicted molar refractivity (Wildman–Crippen MR) is 79.8 cm³/mol. The summed E-state index contributed by atoms with van der Waals surface area (Å²) < 4.78 is 4.99. The van der Waals surface area contributed by atoms with Crippen LogP contribution in [0.4, 0.5) is 11.4 Å². The van der Waals surface area contributed by atoms with Crippen LogP contribution in [-0.4, -0.2) is 23.9 Å². The Hall–Kier alpha value is -2.37. The van der Waals surface area contributed by atoms with Gasteiger partial charge < -0.3 is 15.4 Å². The number of rotatable bonds is 6. The zero-order valence-electron chi connectivity index (χ0n) is 12.4. The van der Waals surface area contributed by atoms with Crippen molar-refractivity contribution in [3.05, 3.63) is 24.3 Å². The van der Waals surface area contributed by atoms with Crippen LogP contribution in [0.3, 0.4) is 0 Å². The molecule has 114 valence electrons. The molecule has 0 bridgehead atoms. The number of hydrogen-bond donors (Lipinski definition) is 2. The highest BCUT2D eigenvalue weighted by molar-refractivity contribution is 5.95. The SMILES string of the molecule is CCCC(=O)O[C@H](C)C(=O)Nc1ccc(NC(C)=O)cc1. The summed E-state index contributed by atoms with van der Waals surface area (Å²) in [6.07, 6.45) is 0.125. The van der Waals surface area contributed by atoms with Gasteiger partial charge in [0.05, 0.1) is 0 Å². The van der Waals surface area contributed by atoms with Gasteiger partial charge in [-0.15, -0.1) is 0 Å². The van der Waals surface area contributed by atoms with Crippen molar-refractivity contribution in [2.24, 2.45) is 0 Å². The van der Waals surface area contributed by atoms with E-state index in [-0.39, 0.29) is 11.9 Å². The van der Waals surface area contributed by atoms with E-state index in [0.29, 0.717) is 24.2 Å². The Bertz CT molecular complexity index is 511. The largest absolute Gasteiger partial charge is 0.453 e. The van der Waals surface area contributed by atoms with E-state index in [1.807, 2.05) is 6.92 Å². The summed E-state index contributed by atoms with van der Waals surface area (Å²) >= 11 is 0. The van der Waals surface area contributed by atoms with Crippen LogP contribution in [0.25, 0.3) is 0 Å². The van der Waals surface area contributed by atoms with Crippen LogP contribution in [0.5, 0.6) is 0 Å². The molecule has 0 aliphatic carbocycles. The van der Waals surface area contributed by atoms with E-state index in [4.69, 9.17) is 4.74 Å². The van der Waals surface area contributed by atoms with Crippen molar-refractivity contribution in [3.8, 4) is 0 Å². The zero-order chi connectivity index (χ0) is 15.8. The summed E-state index contributed by atoms with van der Waals surface area (Å²) in [7, 11) is 0. The summed E-state index contributed by atoms with van der Waals surface area (Å²) in [5, 5.41) is 5.27. The molecule has 0 saturated heterocycles. The number of esters is 1. The van der Waals surface area contributed by atoms with Crippen LogP contribution in [0.2, 0.25) is 0 Å². The molecular formula is C15H20N2O4. The van der Waals surface area contributed by atoms with E-state index >= 15 is 0 Å². The quantitative estimate of drug-likeness (QED) is 0.788. The molecule has 1 atom stereocenters. The third-order valence-electron chi connectivity index (χ3n) is 2.60. The average molecular weight is 292 g/mol. The number of carbonyl (C=O) groups excluding carboxylic acids is 3. The Morgan fingerprint density at radius 1 is 1.10 bits per heavy atom. The van der Waals surface area contributed by atoms with Gasteiger partial charge in [0.2, 0.25) is 5.91 Å². The summed E-state index contributed by atoms with van der Waals surface area (Å²) in [6, 6.07) is 6.66. The van der Waals surface area contributed by atoms with Gasteiger partial charge in [0, 0.05) is 24.7 Å². The number of nitrogens with one attached hydrogen (secondary N) is 2. The smallest absolute Gasteiger partial charge is 0.306 e. The summed E-state index contributed by atoms with van der Waals surface area (Å²) in [5.74, 6) is -0.948. The van der Waals surface area contributed by atoms with Gasteiger partial charge in [0.1, 0.15) is 0 Å². The van der Waals surface area contributed by atoms with Crippen molar-refractivity contribution in [3.63, 3.8) is 0 Å². The molecule has 1 aromatic rings. The molecule has 1 aromatic carbocycles. The fourth-order valence-corrected chi connectivity index (χ4v) is 1.60. The van der Waals surface area contributed by atoms with Crippen LogP contribution in [0.15, 0.2) is 24.3 Å². The van der Waals surface area contributed by atoms with E-state index in [9.17, 15) is 14.4 Å². The van der Waals surface area contributed by atoms with Gasteiger partial charge in [-0.25, -0.2) is 0 Å². The average Bonchev–Trinajstić information content (AvgIpc) is 2.40. The summed E-state index contributed by atoms with van der Waals surface area (Å²) in [6.45, 7) is 4.80. The second-order valence-electron chi connectivity index (χ2n) is 4.63. The maximum atomic E-state index is 11.9. The Labute approximate surface area is 123 Å². The first-order chi connectivity index (χ1) is 9.92. The normalized spacial score (nSPS) is 11.4. The lowest BCUT2D eigenvalue weighted by atomic mass is 10.2. The fraction of sp³-hybridized carbons (Fsp3) is 0.400. The highest BCUT2D eigenvalue weighted by atomic mass is 16.5. The second-order valence-corrected chi connectivity index (χ2v) is 4.63. The second kappa shape index (κ2) is 8.04.